The molecule has 90 valence electrons. The minimum atomic E-state index is -0.0255. The highest BCUT2D eigenvalue weighted by Gasteiger charge is 2.16. The lowest BCUT2D eigenvalue weighted by Crippen LogP contribution is -2.03. The predicted molar refractivity (Wildman–Crippen MR) is 74.9 cm³/mol. The lowest BCUT2D eigenvalue weighted by atomic mass is 10.2. The molecule has 0 radical (unpaired) electrons. The summed E-state index contributed by atoms with van der Waals surface area (Å²) in [7, 11) is 0. The highest BCUT2D eigenvalue weighted by Crippen LogP contribution is 2.38. The Bertz CT molecular complexity index is 529. The summed E-state index contributed by atoms with van der Waals surface area (Å²) in [6.07, 6.45) is 0. The van der Waals surface area contributed by atoms with Gasteiger partial charge in [-0.05, 0) is 26.0 Å². The molecule has 2 N–H and O–H groups in total. The first-order valence-corrected chi connectivity index (χ1v) is 6.75. The van der Waals surface area contributed by atoms with Crippen LogP contribution < -0.4 is 5.73 Å². The molecule has 1 heterocycles. The Hall–Kier alpha value is -0.610. The fourth-order valence-electron chi connectivity index (χ4n) is 1.64. The minimum absolute atomic E-state index is 0.0255. The van der Waals surface area contributed by atoms with Gasteiger partial charge in [-0.15, -0.1) is 11.3 Å². The van der Waals surface area contributed by atoms with Crippen molar-refractivity contribution < 1.29 is 0 Å². The summed E-state index contributed by atoms with van der Waals surface area (Å²) in [6.45, 7) is 3.89. The molecule has 2 aromatic rings. The normalized spacial score (nSPS) is 12.8. The van der Waals surface area contributed by atoms with E-state index in [0.717, 1.165) is 21.1 Å². The molecule has 17 heavy (non-hydrogen) atoms. The van der Waals surface area contributed by atoms with Gasteiger partial charge in [-0.1, -0.05) is 29.3 Å². The molecule has 0 spiro atoms. The smallest absolute Gasteiger partial charge is 0.126 e. The largest absolute Gasteiger partial charge is 0.323 e. The molecule has 1 unspecified atom stereocenters. The SMILES string of the molecule is Cc1nc(-c2c(Cl)cccc2Cl)sc1C(C)N. The number of halogens is 2. The summed E-state index contributed by atoms with van der Waals surface area (Å²) in [5.74, 6) is 0. The number of benzene rings is 1. The van der Waals surface area contributed by atoms with Crippen LogP contribution in [0, 0.1) is 6.92 Å². The van der Waals surface area contributed by atoms with E-state index >= 15 is 0 Å². The van der Waals surface area contributed by atoms with Crippen LogP contribution in [0.5, 0.6) is 0 Å². The lowest BCUT2D eigenvalue weighted by Gasteiger charge is -2.02. The van der Waals surface area contributed by atoms with E-state index in [1.54, 1.807) is 11.3 Å². The van der Waals surface area contributed by atoms with Crippen LogP contribution in [0.4, 0.5) is 0 Å². The molecule has 0 aliphatic carbocycles. The van der Waals surface area contributed by atoms with E-state index in [4.69, 9.17) is 28.9 Å². The second-order valence-corrected chi connectivity index (χ2v) is 5.70. The van der Waals surface area contributed by atoms with Gasteiger partial charge in [0.2, 0.25) is 0 Å². The Kier molecular flexibility index (Phi) is 3.73. The fourth-order valence-corrected chi connectivity index (χ4v) is 3.42. The van der Waals surface area contributed by atoms with Crippen LogP contribution in [0.1, 0.15) is 23.5 Å². The first kappa shape index (κ1) is 12.8. The van der Waals surface area contributed by atoms with E-state index in [2.05, 4.69) is 4.98 Å². The zero-order chi connectivity index (χ0) is 12.6. The molecule has 0 bridgehead atoms. The third-order valence-electron chi connectivity index (χ3n) is 2.42. The third-order valence-corrected chi connectivity index (χ3v) is 4.43. The van der Waals surface area contributed by atoms with Gasteiger partial charge in [-0.3, -0.25) is 0 Å². The van der Waals surface area contributed by atoms with Gasteiger partial charge < -0.3 is 5.73 Å². The molecule has 2 rings (SSSR count). The summed E-state index contributed by atoms with van der Waals surface area (Å²) in [6, 6.07) is 5.42. The van der Waals surface area contributed by atoms with Gasteiger partial charge in [0, 0.05) is 16.5 Å². The van der Waals surface area contributed by atoms with Crippen molar-refractivity contribution in [2.75, 3.05) is 0 Å². The molecule has 1 atom stereocenters. The summed E-state index contributed by atoms with van der Waals surface area (Å²) >= 11 is 13.9. The van der Waals surface area contributed by atoms with Crippen molar-refractivity contribution in [1.82, 2.24) is 4.98 Å². The number of nitrogens with zero attached hydrogens (tertiary/aromatic N) is 1. The van der Waals surface area contributed by atoms with Crippen molar-refractivity contribution in [2.45, 2.75) is 19.9 Å². The lowest BCUT2D eigenvalue weighted by molar-refractivity contribution is 0.825. The van der Waals surface area contributed by atoms with E-state index < -0.39 is 0 Å². The van der Waals surface area contributed by atoms with Gasteiger partial charge >= 0.3 is 0 Å². The van der Waals surface area contributed by atoms with Gasteiger partial charge in [0.1, 0.15) is 5.01 Å². The second-order valence-electron chi connectivity index (χ2n) is 3.85. The van der Waals surface area contributed by atoms with Crippen LogP contribution in [0.2, 0.25) is 10.0 Å². The van der Waals surface area contributed by atoms with Crippen molar-refractivity contribution in [3.8, 4) is 10.6 Å². The number of rotatable bonds is 2. The minimum Gasteiger partial charge on any atom is -0.323 e. The molecule has 0 aliphatic rings. The molecule has 0 saturated carbocycles. The van der Waals surface area contributed by atoms with Crippen LogP contribution in [0.25, 0.3) is 10.6 Å². The average Bonchev–Trinajstić information content (AvgIpc) is 2.60. The molecule has 0 aliphatic heterocycles. The van der Waals surface area contributed by atoms with Crippen LogP contribution in [-0.2, 0) is 0 Å². The molecule has 1 aromatic carbocycles. The molecule has 1 aromatic heterocycles. The van der Waals surface area contributed by atoms with Gasteiger partial charge in [0.15, 0.2) is 0 Å². The highest BCUT2D eigenvalue weighted by molar-refractivity contribution is 7.15. The Balaban J connectivity index is 2.58. The predicted octanol–water partition coefficient (Wildman–Crippen LogP) is 4.45. The van der Waals surface area contributed by atoms with Crippen molar-refractivity contribution in [2.24, 2.45) is 5.73 Å². The van der Waals surface area contributed by atoms with Crippen LogP contribution in [0.15, 0.2) is 18.2 Å². The van der Waals surface area contributed by atoms with Crippen molar-refractivity contribution >= 4 is 34.5 Å². The van der Waals surface area contributed by atoms with Crippen molar-refractivity contribution in [1.29, 1.82) is 0 Å². The van der Waals surface area contributed by atoms with Crippen LogP contribution in [0.3, 0.4) is 0 Å². The maximum Gasteiger partial charge on any atom is 0.126 e. The molecule has 0 fully saturated rings. The van der Waals surface area contributed by atoms with Crippen LogP contribution >= 0.6 is 34.5 Å². The van der Waals surface area contributed by atoms with E-state index in [9.17, 15) is 0 Å². The number of hydrogen-bond acceptors (Lipinski definition) is 3. The van der Waals surface area contributed by atoms with E-state index in [0.29, 0.717) is 10.0 Å². The van der Waals surface area contributed by atoms with Gasteiger partial charge in [0.05, 0.1) is 15.7 Å². The number of thiazole rings is 1. The summed E-state index contributed by atoms with van der Waals surface area (Å²) < 4.78 is 0. The maximum atomic E-state index is 6.16. The monoisotopic (exact) mass is 286 g/mol. The van der Waals surface area contributed by atoms with Gasteiger partial charge in [-0.2, -0.15) is 0 Å². The fraction of sp³-hybridized carbons (Fsp3) is 0.250. The first-order valence-electron chi connectivity index (χ1n) is 5.18. The summed E-state index contributed by atoms with van der Waals surface area (Å²) in [5, 5.41) is 2.05. The van der Waals surface area contributed by atoms with Crippen molar-refractivity contribution in [3.05, 3.63) is 38.8 Å². The number of hydrogen-bond donors (Lipinski definition) is 1. The molecular formula is C12H12Cl2N2S. The van der Waals surface area contributed by atoms with E-state index in [1.165, 1.54) is 0 Å². The first-order chi connectivity index (χ1) is 8.00. The van der Waals surface area contributed by atoms with Crippen molar-refractivity contribution in [3.63, 3.8) is 0 Å². The number of aryl methyl sites for hydroxylation is 1. The molecular weight excluding hydrogens is 275 g/mol. The zero-order valence-corrected chi connectivity index (χ0v) is 11.8. The topological polar surface area (TPSA) is 38.9 Å². The van der Waals surface area contributed by atoms with Gasteiger partial charge in [0.25, 0.3) is 0 Å². The third kappa shape index (κ3) is 2.47. The number of aromatic nitrogens is 1. The standard InChI is InChI=1S/C12H12Cl2N2S/c1-6(15)11-7(2)16-12(17-11)10-8(13)4-3-5-9(10)14/h3-6H,15H2,1-2H3. The summed E-state index contributed by atoms with van der Waals surface area (Å²) in [4.78, 5) is 5.56. The average molecular weight is 287 g/mol. The van der Waals surface area contributed by atoms with E-state index in [1.807, 2.05) is 32.0 Å². The van der Waals surface area contributed by atoms with Gasteiger partial charge in [-0.25, -0.2) is 4.98 Å². The quantitative estimate of drug-likeness (QED) is 0.886. The second kappa shape index (κ2) is 4.94. The molecule has 0 saturated heterocycles. The number of nitrogens with two attached hydrogens (primary N) is 1. The molecule has 5 heteroatoms. The molecule has 0 amide bonds. The van der Waals surface area contributed by atoms with Crippen LogP contribution in [-0.4, -0.2) is 4.98 Å². The Labute approximate surface area is 114 Å². The Morgan fingerprint density at radius 3 is 2.35 bits per heavy atom. The highest BCUT2D eigenvalue weighted by atomic mass is 35.5. The zero-order valence-electron chi connectivity index (χ0n) is 9.50. The summed E-state index contributed by atoms with van der Waals surface area (Å²) in [5.41, 5.74) is 7.62. The Morgan fingerprint density at radius 2 is 1.88 bits per heavy atom. The Morgan fingerprint density at radius 1 is 1.29 bits per heavy atom. The molecule has 2 nitrogen and oxygen atoms in total. The maximum absolute atomic E-state index is 6.16. The van der Waals surface area contributed by atoms with E-state index in [-0.39, 0.29) is 6.04 Å².